The summed E-state index contributed by atoms with van der Waals surface area (Å²) in [5, 5.41) is 2.49. The molecular weight excluding hydrogens is 302 g/mol. The Morgan fingerprint density at radius 1 is 1.09 bits per heavy atom. The summed E-state index contributed by atoms with van der Waals surface area (Å²) < 4.78 is 9.26. The van der Waals surface area contributed by atoms with E-state index in [1.165, 1.54) is 13.0 Å². The van der Waals surface area contributed by atoms with E-state index in [9.17, 15) is 19.2 Å². The first kappa shape index (κ1) is 18.1. The van der Waals surface area contributed by atoms with Crippen molar-refractivity contribution in [1.29, 1.82) is 0 Å². The minimum Gasteiger partial charge on any atom is -0.463 e. The fraction of sp³-hybridized carbons (Fsp3) is 0.250. The molecule has 0 aromatic heterocycles. The minimum atomic E-state index is -0.842. The summed E-state index contributed by atoms with van der Waals surface area (Å²) in [6.45, 7) is 2.73. The second kappa shape index (κ2) is 9.14. The zero-order valence-electron chi connectivity index (χ0n) is 12.8. The molecule has 0 aliphatic rings. The molecule has 1 N–H and O–H groups in total. The van der Waals surface area contributed by atoms with Crippen molar-refractivity contribution >= 4 is 29.3 Å². The Morgan fingerprint density at radius 2 is 1.74 bits per heavy atom. The number of carbonyl (C=O) groups is 4. The Morgan fingerprint density at radius 3 is 2.35 bits per heavy atom. The van der Waals surface area contributed by atoms with Crippen molar-refractivity contribution in [3.8, 4) is 0 Å². The number of anilines is 1. The zero-order valence-corrected chi connectivity index (χ0v) is 12.8. The molecule has 1 aromatic carbocycles. The van der Waals surface area contributed by atoms with Crippen molar-refractivity contribution in [2.24, 2.45) is 0 Å². The van der Waals surface area contributed by atoms with Gasteiger partial charge in [-0.15, -0.1) is 0 Å². The van der Waals surface area contributed by atoms with Crippen LogP contribution in [0.25, 0.3) is 0 Å². The maximum absolute atomic E-state index is 11.6. The van der Waals surface area contributed by atoms with Crippen LogP contribution in [0.4, 0.5) is 5.69 Å². The third-order valence-electron chi connectivity index (χ3n) is 2.54. The molecule has 1 amide bonds. The number of carbonyl (C=O) groups excluding carboxylic acids is 4. The predicted octanol–water partition coefficient (Wildman–Crippen LogP) is 1.49. The van der Waals surface area contributed by atoms with Crippen LogP contribution in [0.3, 0.4) is 0 Å². The number of benzene rings is 1. The van der Waals surface area contributed by atoms with Crippen molar-refractivity contribution in [1.82, 2.24) is 0 Å². The molecule has 0 spiro atoms. The monoisotopic (exact) mass is 319 g/mol. The van der Waals surface area contributed by atoms with Crippen molar-refractivity contribution in [3.05, 3.63) is 42.0 Å². The van der Waals surface area contributed by atoms with E-state index in [1.807, 2.05) is 0 Å². The van der Waals surface area contributed by atoms with Gasteiger partial charge in [-0.3, -0.25) is 9.59 Å². The Labute approximate surface area is 133 Å². The van der Waals surface area contributed by atoms with Crippen molar-refractivity contribution in [2.45, 2.75) is 13.8 Å². The summed E-state index contributed by atoms with van der Waals surface area (Å²) in [6, 6.07) is 6.37. The number of rotatable bonds is 7. The molecule has 0 heterocycles. The summed E-state index contributed by atoms with van der Waals surface area (Å²) in [6.07, 6.45) is 1.79. The van der Waals surface area contributed by atoms with Crippen molar-refractivity contribution < 1.29 is 28.7 Å². The number of ketones is 1. The lowest BCUT2D eigenvalue weighted by Gasteiger charge is -2.06. The average molecular weight is 319 g/mol. The first-order valence-corrected chi connectivity index (χ1v) is 6.84. The Bertz CT molecular complexity index is 635. The SMILES string of the molecule is CCOC(=O)C=CC(=O)OCC(=O)Nc1cccc(C(C)=O)c1. The fourth-order valence-electron chi connectivity index (χ4n) is 1.52. The Balaban J connectivity index is 2.45. The molecule has 7 heteroatoms. The molecule has 0 saturated carbocycles. The maximum atomic E-state index is 11.6. The molecule has 0 atom stereocenters. The van der Waals surface area contributed by atoms with Crippen LogP contribution in [-0.2, 0) is 23.9 Å². The summed E-state index contributed by atoms with van der Waals surface area (Å²) >= 11 is 0. The highest BCUT2D eigenvalue weighted by Gasteiger charge is 2.07. The standard InChI is InChI=1S/C16H17NO6/c1-3-22-15(20)7-8-16(21)23-10-14(19)17-13-6-4-5-12(9-13)11(2)18/h4-9H,3,10H2,1-2H3,(H,17,19). The molecule has 0 unspecified atom stereocenters. The zero-order chi connectivity index (χ0) is 17.2. The number of nitrogens with one attached hydrogen (secondary N) is 1. The van der Waals surface area contributed by atoms with E-state index >= 15 is 0 Å². The van der Waals surface area contributed by atoms with E-state index in [2.05, 4.69) is 14.8 Å². The number of hydrogen-bond acceptors (Lipinski definition) is 6. The summed E-state index contributed by atoms with van der Waals surface area (Å²) in [5.74, 6) is -2.21. The number of ether oxygens (including phenoxy) is 2. The summed E-state index contributed by atoms with van der Waals surface area (Å²) in [7, 11) is 0. The van der Waals surface area contributed by atoms with Gasteiger partial charge in [0.2, 0.25) is 0 Å². The molecule has 7 nitrogen and oxygen atoms in total. The van der Waals surface area contributed by atoms with Crippen molar-refractivity contribution in [3.63, 3.8) is 0 Å². The topological polar surface area (TPSA) is 98.8 Å². The van der Waals surface area contributed by atoms with Gasteiger partial charge < -0.3 is 14.8 Å². The van der Waals surface area contributed by atoms with Gasteiger partial charge in [-0.25, -0.2) is 9.59 Å². The van der Waals surface area contributed by atoms with E-state index in [0.717, 1.165) is 12.2 Å². The smallest absolute Gasteiger partial charge is 0.331 e. The molecule has 0 radical (unpaired) electrons. The van der Waals surface area contributed by atoms with E-state index in [0.29, 0.717) is 11.3 Å². The van der Waals surface area contributed by atoms with Gasteiger partial charge in [-0.1, -0.05) is 12.1 Å². The molecule has 122 valence electrons. The van der Waals surface area contributed by atoms with Gasteiger partial charge in [0.1, 0.15) is 0 Å². The molecule has 1 rings (SSSR count). The maximum Gasteiger partial charge on any atom is 0.331 e. The number of Topliss-reactive ketones (excluding diaryl/α,β-unsaturated/α-hetero) is 1. The predicted molar refractivity (Wildman–Crippen MR) is 81.8 cm³/mol. The second-order valence-corrected chi connectivity index (χ2v) is 4.38. The molecule has 0 fully saturated rings. The van der Waals surface area contributed by atoms with Gasteiger partial charge in [-0.2, -0.15) is 0 Å². The Hall–Kier alpha value is -2.96. The normalized spacial score (nSPS) is 10.2. The van der Waals surface area contributed by atoms with Crippen LogP contribution < -0.4 is 5.32 Å². The van der Waals surface area contributed by atoms with Gasteiger partial charge in [-0.05, 0) is 26.0 Å². The second-order valence-electron chi connectivity index (χ2n) is 4.38. The first-order valence-electron chi connectivity index (χ1n) is 6.84. The van der Waals surface area contributed by atoms with E-state index in [1.54, 1.807) is 25.1 Å². The number of amides is 1. The largest absolute Gasteiger partial charge is 0.463 e. The van der Waals surface area contributed by atoms with Crippen LogP contribution in [0.5, 0.6) is 0 Å². The van der Waals surface area contributed by atoms with E-state index in [4.69, 9.17) is 0 Å². The highest BCUT2D eigenvalue weighted by Crippen LogP contribution is 2.11. The fourth-order valence-corrected chi connectivity index (χ4v) is 1.52. The summed E-state index contributed by atoms with van der Waals surface area (Å²) in [4.78, 5) is 45.2. The molecule has 1 aromatic rings. The van der Waals surface area contributed by atoms with Crippen LogP contribution in [0.1, 0.15) is 24.2 Å². The number of hydrogen-bond donors (Lipinski definition) is 1. The molecule has 0 aliphatic carbocycles. The molecule has 0 aliphatic heterocycles. The van der Waals surface area contributed by atoms with Crippen LogP contribution >= 0.6 is 0 Å². The Kier molecular flexibility index (Phi) is 7.19. The van der Waals surface area contributed by atoms with Crippen LogP contribution in [0.15, 0.2) is 36.4 Å². The lowest BCUT2D eigenvalue weighted by molar-refractivity contribution is -0.143. The van der Waals surface area contributed by atoms with Gasteiger partial charge >= 0.3 is 11.9 Å². The quantitative estimate of drug-likeness (QED) is 0.464. The number of esters is 2. The molecule has 0 bridgehead atoms. The highest BCUT2D eigenvalue weighted by atomic mass is 16.5. The van der Waals surface area contributed by atoms with Gasteiger partial charge in [0.05, 0.1) is 6.61 Å². The lowest BCUT2D eigenvalue weighted by Crippen LogP contribution is -2.20. The lowest BCUT2D eigenvalue weighted by atomic mass is 10.1. The van der Waals surface area contributed by atoms with Crippen LogP contribution in [0, 0.1) is 0 Å². The highest BCUT2D eigenvalue weighted by molar-refractivity contribution is 5.98. The molecular formula is C16H17NO6. The summed E-state index contributed by atoms with van der Waals surface area (Å²) in [5.41, 5.74) is 0.873. The molecule has 23 heavy (non-hydrogen) atoms. The minimum absolute atomic E-state index is 0.128. The van der Waals surface area contributed by atoms with E-state index in [-0.39, 0.29) is 12.4 Å². The van der Waals surface area contributed by atoms with Crippen LogP contribution in [-0.4, -0.2) is 36.8 Å². The first-order chi connectivity index (χ1) is 10.9. The third kappa shape index (κ3) is 7.03. The van der Waals surface area contributed by atoms with Gasteiger partial charge in [0, 0.05) is 23.4 Å². The average Bonchev–Trinajstić information content (AvgIpc) is 2.51. The molecule has 0 saturated heterocycles. The van der Waals surface area contributed by atoms with Crippen LogP contribution in [0.2, 0.25) is 0 Å². The van der Waals surface area contributed by atoms with E-state index < -0.39 is 24.5 Å². The van der Waals surface area contributed by atoms with Gasteiger partial charge in [0.25, 0.3) is 5.91 Å². The van der Waals surface area contributed by atoms with Gasteiger partial charge in [0.15, 0.2) is 12.4 Å². The van der Waals surface area contributed by atoms with Crippen molar-refractivity contribution in [2.75, 3.05) is 18.5 Å². The third-order valence-corrected chi connectivity index (χ3v) is 2.54.